The highest BCUT2D eigenvalue weighted by atomic mass is 35.5. The number of ether oxygens (including phenoxy) is 4. The predicted octanol–water partition coefficient (Wildman–Crippen LogP) is 5.04. The molecule has 129 heavy (non-hydrogen) atoms. The van der Waals surface area contributed by atoms with Crippen LogP contribution < -0.4 is 92.1 Å². The van der Waals surface area contributed by atoms with Gasteiger partial charge in [-0.1, -0.05) is 119 Å². The number of rotatable bonds is 65. The number of hydrogen-bond acceptors (Lipinski definition) is 24. The van der Waals surface area contributed by atoms with Crippen LogP contribution in [0.25, 0.3) is 0 Å². The van der Waals surface area contributed by atoms with Gasteiger partial charge in [0.15, 0.2) is 0 Å². The number of imidazole rings is 1. The number of nitrogens with two attached hydrogens (primary N) is 4. The van der Waals surface area contributed by atoms with Crippen LogP contribution in [0.4, 0.5) is 19.2 Å². The lowest BCUT2D eigenvalue weighted by molar-refractivity contribution is -0.129. The molecule has 0 bridgehead atoms. The summed E-state index contributed by atoms with van der Waals surface area (Å²) in [5.74, 6) is -3.87. The first-order chi connectivity index (χ1) is 61.7. The topological polar surface area (TPSA) is 554 Å². The maximum Gasteiger partial charge on any atom is 0.407 e. The smallest absolute Gasteiger partial charge is 0.407 e. The van der Waals surface area contributed by atoms with E-state index < -0.39 is 95.9 Å². The van der Waals surface area contributed by atoms with Gasteiger partial charge in [-0.2, -0.15) is 0 Å². The van der Waals surface area contributed by atoms with Crippen molar-refractivity contribution in [2.24, 2.45) is 22.9 Å². The third-order valence-electron chi connectivity index (χ3n) is 19.9. The molecule has 5 atom stereocenters. The Labute approximate surface area is 779 Å². The van der Waals surface area contributed by atoms with Crippen molar-refractivity contribution in [3.63, 3.8) is 0 Å². The number of amides is 13. The van der Waals surface area contributed by atoms with Crippen LogP contribution in [0.5, 0.6) is 0 Å². The van der Waals surface area contributed by atoms with Crippen molar-refractivity contribution >= 4 is 136 Å². The van der Waals surface area contributed by atoms with Crippen LogP contribution in [0.1, 0.15) is 144 Å². The molecule has 0 aliphatic rings. The highest BCUT2D eigenvalue weighted by Gasteiger charge is 2.29. The Hall–Kier alpha value is -10.4. The molecule has 714 valence electrons. The first kappa shape index (κ1) is 111. The molecule has 0 saturated heterocycles. The van der Waals surface area contributed by atoms with E-state index in [0.29, 0.717) is 132 Å². The van der Waals surface area contributed by atoms with Gasteiger partial charge in [0.2, 0.25) is 53.2 Å². The molecular formula is C86H128Cl5N21O17. The van der Waals surface area contributed by atoms with Gasteiger partial charge in [-0.3, -0.25) is 48.1 Å². The number of halogens is 5. The minimum atomic E-state index is -0.984. The number of alkyl carbamates (subject to hydrolysis) is 4. The second-order valence-corrected chi connectivity index (χ2v) is 31.6. The Balaban J connectivity index is 0.0000348. The van der Waals surface area contributed by atoms with E-state index in [1.807, 2.05) is 4.90 Å². The van der Waals surface area contributed by atoms with Crippen LogP contribution in [0.15, 0.2) is 110 Å². The van der Waals surface area contributed by atoms with E-state index in [-0.39, 0.29) is 207 Å². The van der Waals surface area contributed by atoms with E-state index in [4.69, 9.17) is 88.3 Å². The molecular weight excluding hydrogens is 1780 g/mol. The van der Waals surface area contributed by atoms with Gasteiger partial charge in [-0.05, 0) is 121 Å². The van der Waals surface area contributed by atoms with E-state index in [2.05, 4.69) is 79.1 Å². The zero-order valence-corrected chi connectivity index (χ0v) is 76.6. The van der Waals surface area contributed by atoms with Crippen molar-refractivity contribution < 1.29 is 81.3 Å². The zero-order chi connectivity index (χ0) is 92.9. The first-order valence-corrected chi connectivity index (χ1v) is 44.7. The zero-order valence-electron chi connectivity index (χ0n) is 72.8. The predicted molar refractivity (Wildman–Crippen MR) is 492 cm³/mol. The standard InChI is InChI=1S/C86H127Cl4N21O17.ClH/c87-65-22-5-1-18-60(65)55-125-83(121)105-36-13-9-26-69(91)78(116)101-45-41-96-74(112)32-50-110(51-33-75(113)97-42-46-102-79(117)70(92)27-10-14-37-106-84(122)126-56-61-19-2-6-23-66(61)88)49-17-30-73(82(120)100-40-31-64-54-95-59-109-64)111(52-34-76(114)98-43-47-103-80(118)71(93)28-11-15-38-107-85(123)127-57-62-20-3-7-24-67(62)89)53-35-77(115)99-44-48-104-81(119)72(94)29-12-16-39-108-86(124)128-58-63-21-4-8-25-68(63)90;/h1-8,18-25,54,59,69-73H,9-17,26-53,55-58,91-94H2,(H,95,109)(H,96,112)(H,97,113)(H,98,114)(H,99,115)(H,100,120)(H,101,116)(H,102,117)(H,103,118)(H,104,119)(H,105,121)(H,106,122)(H,107,123)(H,108,124);1H/t69-,70-,71-,72-,73-;/m0./s1. The molecule has 0 saturated carbocycles. The van der Waals surface area contributed by atoms with Gasteiger partial charge in [0.1, 0.15) is 26.4 Å². The quantitative estimate of drug-likeness (QED) is 0.0179. The molecule has 5 aromatic rings. The second kappa shape index (κ2) is 66.9. The van der Waals surface area contributed by atoms with Gasteiger partial charge < -0.3 is 121 Å². The molecule has 0 aliphatic heterocycles. The molecule has 0 radical (unpaired) electrons. The number of aromatic amines is 1. The molecule has 38 nitrogen and oxygen atoms in total. The first-order valence-electron chi connectivity index (χ1n) is 43.2. The summed E-state index contributed by atoms with van der Waals surface area (Å²) in [6.07, 6.45) is 6.32. The Morgan fingerprint density at radius 2 is 0.605 bits per heavy atom. The van der Waals surface area contributed by atoms with Gasteiger partial charge in [0.05, 0.1) is 42.2 Å². The number of hydrogen-bond donors (Lipinski definition) is 18. The lowest BCUT2D eigenvalue weighted by Gasteiger charge is -2.31. The van der Waals surface area contributed by atoms with E-state index in [9.17, 15) is 62.3 Å². The summed E-state index contributed by atoms with van der Waals surface area (Å²) < 4.78 is 21.0. The van der Waals surface area contributed by atoms with Crippen LogP contribution in [0.2, 0.25) is 20.1 Å². The van der Waals surface area contributed by atoms with Crippen molar-refractivity contribution in [1.29, 1.82) is 0 Å². The fraction of sp³-hybridized carbons (Fsp3) is 0.535. The Morgan fingerprint density at radius 3 is 0.891 bits per heavy atom. The summed E-state index contributed by atoms with van der Waals surface area (Å²) in [4.78, 5) is 181. The Bertz CT molecular complexity index is 3980. The molecule has 0 fully saturated rings. The number of unbranched alkanes of at least 4 members (excludes halogenated alkanes) is 4. The van der Waals surface area contributed by atoms with Crippen molar-refractivity contribution in [3.8, 4) is 0 Å². The molecule has 0 spiro atoms. The van der Waals surface area contributed by atoms with Crippen LogP contribution >= 0.6 is 58.8 Å². The highest BCUT2D eigenvalue weighted by Crippen LogP contribution is 2.21. The summed E-state index contributed by atoms with van der Waals surface area (Å²) in [6.45, 7) is 1.93. The number of carbonyl (C=O) groups excluding carboxylic acids is 13. The summed E-state index contributed by atoms with van der Waals surface area (Å²) in [5.41, 5.74) is 28.1. The summed E-state index contributed by atoms with van der Waals surface area (Å²) in [7, 11) is 0. The fourth-order valence-corrected chi connectivity index (χ4v) is 13.3. The minimum absolute atomic E-state index is 0. The van der Waals surface area contributed by atoms with Gasteiger partial charge in [0.25, 0.3) is 0 Å². The van der Waals surface area contributed by atoms with Crippen LogP contribution in [0, 0.1) is 0 Å². The van der Waals surface area contributed by atoms with Gasteiger partial charge in [-0.15, -0.1) is 12.4 Å². The molecule has 22 N–H and O–H groups in total. The number of nitrogens with one attached hydrogen (secondary N) is 14. The van der Waals surface area contributed by atoms with E-state index >= 15 is 0 Å². The third-order valence-corrected chi connectivity index (χ3v) is 21.4. The van der Waals surface area contributed by atoms with E-state index in [1.54, 1.807) is 108 Å². The van der Waals surface area contributed by atoms with Crippen LogP contribution in [0.3, 0.4) is 0 Å². The molecule has 0 unspecified atom stereocenters. The molecule has 0 aliphatic carbocycles. The van der Waals surface area contributed by atoms with Gasteiger partial charge >= 0.3 is 24.4 Å². The maximum atomic E-state index is 14.7. The number of benzene rings is 4. The molecule has 43 heteroatoms. The van der Waals surface area contributed by atoms with Crippen molar-refractivity contribution in [3.05, 3.63) is 158 Å². The minimum Gasteiger partial charge on any atom is -0.445 e. The summed E-state index contributed by atoms with van der Waals surface area (Å²) >= 11 is 24.6. The van der Waals surface area contributed by atoms with Crippen molar-refractivity contribution in [1.82, 2.24) is 88.9 Å². The molecule has 1 heterocycles. The average molecular weight is 1910 g/mol. The van der Waals surface area contributed by atoms with Gasteiger partial charge in [-0.25, -0.2) is 24.2 Å². The van der Waals surface area contributed by atoms with Crippen LogP contribution in [-0.4, -0.2) is 245 Å². The fourth-order valence-electron chi connectivity index (χ4n) is 12.5. The van der Waals surface area contributed by atoms with Crippen LogP contribution in [-0.2, 0) is 94.9 Å². The number of carbonyl (C=O) groups is 13. The number of aromatic nitrogens is 2. The normalized spacial score (nSPS) is 12.1. The third kappa shape index (κ3) is 50.4. The summed E-state index contributed by atoms with van der Waals surface area (Å²) in [5, 5.41) is 37.7. The molecule has 13 amide bonds. The molecule has 4 aromatic carbocycles. The van der Waals surface area contributed by atoms with E-state index in [1.165, 1.54) is 6.33 Å². The Kier molecular flexibility index (Phi) is 57.5. The highest BCUT2D eigenvalue weighted by molar-refractivity contribution is 6.32. The lowest BCUT2D eigenvalue weighted by atomic mass is 10.1. The Morgan fingerprint density at radius 1 is 0.326 bits per heavy atom. The lowest BCUT2D eigenvalue weighted by Crippen LogP contribution is -2.50. The largest absolute Gasteiger partial charge is 0.445 e. The van der Waals surface area contributed by atoms with Crippen molar-refractivity contribution in [2.45, 2.75) is 179 Å². The van der Waals surface area contributed by atoms with Crippen molar-refractivity contribution in [2.75, 3.05) is 118 Å². The molecule has 5 rings (SSSR count). The SMILES string of the molecule is Cl.N[C@@H](CCCCNC(=O)OCc1ccccc1Cl)C(=O)NCCNC(=O)CCN(CCC[C@@H](C(=O)NCCc1c[nH]cn1)N(CCC(=O)NCCNC(=O)[C@@H](N)CCCCNC(=O)OCc1ccccc1Cl)CCC(=O)NCCNC(=O)[C@@H](N)CCCCNC(=O)OCc1ccccc1Cl)CCC(=O)NCCNC(=O)[C@@H](N)CCCCNC(=O)OCc1ccccc1Cl. The number of nitrogens with zero attached hydrogens (tertiary/aromatic N) is 3. The monoisotopic (exact) mass is 1900 g/mol. The number of H-pyrrole nitrogens is 1. The second-order valence-electron chi connectivity index (χ2n) is 30.0. The van der Waals surface area contributed by atoms with Gasteiger partial charge in [0, 0.05) is 192 Å². The maximum absolute atomic E-state index is 14.7. The average Bonchev–Trinajstić information content (AvgIpc) is 1.28. The van der Waals surface area contributed by atoms with E-state index in [0.717, 1.165) is 0 Å². The molecule has 1 aromatic heterocycles. The summed E-state index contributed by atoms with van der Waals surface area (Å²) in [6, 6.07) is 23.5.